The van der Waals surface area contributed by atoms with Crippen molar-refractivity contribution < 1.29 is 13.9 Å². The molecule has 0 aliphatic carbocycles. The number of primary amides is 1. The summed E-state index contributed by atoms with van der Waals surface area (Å²) in [5.74, 6) is 0.580. The third-order valence-corrected chi connectivity index (χ3v) is 6.00. The maximum Gasteiger partial charge on any atom is 0.349 e. The molecule has 2 heterocycles. The van der Waals surface area contributed by atoms with Crippen molar-refractivity contribution in [3.63, 3.8) is 0 Å². The zero-order valence-corrected chi connectivity index (χ0v) is 19.4. The van der Waals surface area contributed by atoms with Crippen LogP contribution in [0.2, 0.25) is 0 Å². The maximum atomic E-state index is 12.4. The number of carbonyl (C=O) groups excluding carboxylic acids is 1. The number of aryl methyl sites for hydroxylation is 1. The van der Waals surface area contributed by atoms with Gasteiger partial charge in [-0.05, 0) is 36.8 Å². The van der Waals surface area contributed by atoms with E-state index in [2.05, 4.69) is 5.32 Å². The molecule has 0 saturated heterocycles. The van der Waals surface area contributed by atoms with E-state index < -0.39 is 11.5 Å². The fraction of sp³-hybridized carbons (Fsp3) is 0.115. The van der Waals surface area contributed by atoms with E-state index in [4.69, 9.17) is 19.9 Å². The number of nitrogens with one attached hydrogen (secondary N) is 1. The Kier molecular flexibility index (Phi) is 5.74. The van der Waals surface area contributed by atoms with E-state index in [-0.39, 0.29) is 5.56 Å². The molecule has 0 aliphatic heterocycles. The third-order valence-electron chi connectivity index (χ3n) is 6.00. The van der Waals surface area contributed by atoms with Gasteiger partial charge in [0.1, 0.15) is 31.3 Å². The molecule has 174 valence electrons. The van der Waals surface area contributed by atoms with Gasteiger partial charge in [0.2, 0.25) is 5.95 Å². The summed E-state index contributed by atoms with van der Waals surface area (Å²) in [5.41, 5.74) is 8.79. The lowest BCUT2D eigenvalue weighted by atomic mass is 9.94. The number of aromatic nitrogens is 2. The topological polar surface area (TPSA) is 112 Å². The van der Waals surface area contributed by atoms with Gasteiger partial charge < -0.3 is 24.8 Å². The average Bonchev–Trinajstić information content (AvgIpc) is 3.16. The van der Waals surface area contributed by atoms with Crippen LogP contribution >= 0.6 is 0 Å². The smallest absolute Gasteiger partial charge is 0.349 e. The standard InChI is InChI=1S/C26H23BN4O4/c1-15-17-13-20-21(14-22(17)35-25(33)23(15)24(28)32)31(11-12-34-16-7-3-2-4-8-16)26(30-20)29-19-10-6-5-9-18(19)27/h2-10,13-14H,11-12,27H2,1H3,(H2,28,32)(H,29,30). The van der Waals surface area contributed by atoms with Gasteiger partial charge in [0.05, 0.1) is 17.6 Å². The first-order valence-corrected chi connectivity index (χ1v) is 11.2. The van der Waals surface area contributed by atoms with Crippen LogP contribution in [0.1, 0.15) is 15.9 Å². The Bertz CT molecular complexity index is 1630. The summed E-state index contributed by atoms with van der Waals surface area (Å²) in [5, 5.41) is 4.03. The minimum Gasteiger partial charge on any atom is -0.492 e. The van der Waals surface area contributed by atoms with E-state index >= 15 is 0 Å². The molecular weight excluding hydrogens is 443 g/mol. The van der Waals surface area contributed by atoms with Gasteiger partial charge in [-0.1, -0.05) is 41.9 Å². The van der Waals surface area contributed by atoms with Crippen molar-refractivity contribution in [1.82, 2.24) is 9.55 Å². The number of hydrogen-bond acceptors (Lipinski definition) is 6. The number of rotatable bonds is 7. The largest absolute Gasteiger partial charge is 0.492 e. The van der Waals surface area contributed by atoms with Crippen molar-refractivity contribution in [3.8, 4) is 5.75 Å². The lowest BCUT2D eigenvalue weighted by molar-refractivity contribution is 0.0996. The number of fused-ring (bicyclic) bond motifs is 2. The lowest BCUT2D eigenvalue weighted by Crippen LogP contribution is -2.22. The van der Waals surface area contributed by atoms with E-state index in [0.717, 1.165) is 22.4 Å². The van der Waals surface area contributed by atoms with Crippen LogP contribution in [-0.2, 0) is 6.54 Å². The van der Waals surface area contributed by atoms with Crippen LogP contribution in [0.3, 0.4) is 0 Å². The second-order valence-corrected chi connectivity index (χ2v) is 8.28. The van der Waals surface area contributed by atoms with E-state index in [1.165, 1.54) is 0 Å². The Balaban J connectivity index is 1.62. The molecule has 35 heavy (non-hydrogen) atoms. The van der Waals surface area contributed by atoms with E-state index in [9.17, 15) is 9.59 Å². The fourth-order valence-corrected chi connectivity index (χ4v) is 4.18. The molecule has 2 aromatic heterocycles. The molecule has 5 aromatic rings. The molecular formula is C26H23BN4O4. The molecule has 0 unspecified atom stereocenters. The zero-order valence-electron chi connectivity index (χ0n) is 19.4. The number of amides is 1. The van der Waals surface area contributed by atoms with E-state index in [1.54, 1.807) is 13.0 Å². The van der Waals surface area contributed by atoms with Crippen LogP contribution < -0.4 is 26.9 Å². The molecule has 0 atom stereocenters. The first-order chi connectivity index (χ1) is 16.9. The molecule has 0 radical (unpaired) electrons. The number of nitrogens with zero attached hydrogens (tertiary/aromatic N) is 2. The fourth-order valence-electron chi connectivity index (χ4n) is 4.18. The van der Waals surface area contributed by atoms with Gasteiger partial charge in [-0.15, -0.1) is 0 Å². The molecule has 0 spiro atoms. The van der Waals surface area contributed by atoms with Gasteiger partial charge in [0, 0.05) is 17.1 Å². The first kappa shape index (κ1) is 22.3. The Morgan fingerprint density at radius 2 is 1.89 bits per heavy atom. The predicted molar refractivity (Wildman–Crippen MR) is 139 cm³/mol. The number of para-hydroxylation sites is 2. The van der Waals surface area contributed by atoms with Crippen LogP contribution in [0, 0.1) is 6.92 Å². The van der Waals surface area contributed by atoms with Crippen molar-refractivity contribution in [3.05, 3.63) is 88.3 Å². The van der Waals surface area contributed by atoms with Crippen molar-refractivity contribution in [2.75, 3.05) is 11.9 Å². The number of hydrogen-bond donors (Lipinski definition) is 2. The number of benzene rings is 3. The highest BCUT2D eigenvalue weighted by atomic mass is 16.5. The second kappa shape index (κ2) is 9.02. The summed E-state index contributed by atoms with van der Waals surface area (Å²) in [7, 11) is 2.02. The molecule has 3 N–H and O–H groups in total. The molecule has 0 saturated carbocycles. The summed E-state index contributed by atoms with van der Waals surface area (Å²) in [6.45, 7) is 2.58. The summed E-state index contributed by atoms with van der Waals surface area (Å²) < 4.78 is 13.4. The number of ether oxygens (including phenoxy) is 1. The van der Waals surface area contributed by atoms with Crippen LogP contribution in [-0.4, -0.2) is 29.9 Å². The lowest BCUT2D eigenvalue weighted by Gasteiger charge is -2.13. The Hall–Kier alpha value is -4.53. The molecule has 8 nitrogen and oxygen atoms in total. The van der Waals surface area contributed by atoms with Gasteiger partial charge >= 0.3 is 5.63 Å². The van der Waals surface area contributed by atoms with Gasteiger partial charge in [-0.2, -0.15) is 0 Å². The quantitative estimate of drug-likeness (QED) is 0.282. The zero-order chi connectivity index (χ0) is 24.5. The summed E-state index contributed by atoms with van der Waals surface area (Å²) >= 11 is 0. The van der Waals surface area contributed by atoms with E-state index in [1.807, 2.05) is 73.1 Å². The summed E-state index contributed by atoms with van der Waals surface area (Å²) in [6, 6.07) is 21.1. The number of anilines is 2. The van der Waals surface area contributed by atoms with Crippen molar-refractivity contribution in [1.29, 1.82) is 0 Å². The van der Waals surface area contributed by atoms with Crippen molar-refractivity contribution in [2.45, 2.75) is 13.5 Å². The van der Waals surface area contributed by atoms with Gasteiger partial charge in [0.25, 0.3) is 5.91 Å². The first-order valence-electron chi connectivity index (χ1n) is 11.2. The van der Waals surface area contributed by atoms with Gasteiger partial charge in [-0.3, -0.25) is 4.79 Å². The molecule has 0 fully saturated rings. The minimum absolute atomic E-state index is 0.147. The molecule has 9 heteroatoms. The number of carbonyl (C=O) groups is 1. The molecule has 0 aliphatic rings. The van der Waals surface area contributed by atoms with Crippen LogP contribution in [0.15, 0.2) is 75.9 Å². The highest BCUT2D eigenvalue weighted by Crippen LogP contribution is 2.29. The average molecular weight is 466 g/mol. The van der Waals surface area contributed by atoms with Crippen molar-refractivity contribution in [2.24, 2.45) is 5.73 Å². The van der Waals surface area contributed by atoms with Gasteiger partial charge in [-0.25, -0.2) is 9.78 Å². The molecule has 5 rings (SSSR count). The van der Waals surface area contributed by atoms with E-state index in [0.29, 0.717) is 41.1 Å². The highest BCUT2D eigenvalue weighted by molar-refractivity contribution is 6.35. The monoisotopic (exact) mass is 466 g/mol. The number of nitrogens with two attached hydrogens (primary N) is 1. The number of imidazole rings is 1. The molecule has 3 aromatic carbocycles. The SMILES string of the molecule is Bc1ccccc1Nc1nc2cc3c(C)c(C(N)=O)c(=O)oc3cc2n1CCOc1ccccc1. The molecule has 0 bridgehead atoms. The normalized spacial score (nSPS) is 11.1. The molecule has 1 amide bonds. The predicted octanol–water partition coefficient (Wildman–Crippen LogP) is 2.63. The highest BCUT2D eigenvalue weighted by Gasteiger charge is 2.19. The van der Waals surface area contributed by atoms with Gasteiger partial charge in [0.15, 0.2) is 0 Å². The third kappa shape index (κ3) is 4.24. The summed E-state index contributed by atoms with van der Waals surface area (Å²) in [4.78, 5) is 29.0. The summed E-state index contributed by atoms with van der Waals surface area (Å²) in [6.07, 6.45) is 0. The maximum absolute atomic E-state index is 12.4. The second-order valence-electron chi connectivity index (χ2n) is 8.28. The minimum atomic E-state index is -0.816. The van der Waals surface area contributed by atoms with Crippen LogP contribution in [0.25, 0.3) is 22.0 Å². The van der Waals surface area contributed by atoms with Crippen molar-refractivity contribution >= 4 is 52.9 Å². The Labute approximate surface area is 201 Å². The Morgan fingerprint density at radius 3 is 2.63 bits per heavy atom. The van der Waals surface area contributed by atoms with Crippen LogP contribution in [0.5, 0.6) is 5.75 Å². The Morgan fingerprint density at radius 1 is 1.14 bits per heavy atom. The van der Waals surface area contributed by atoms with Crippen LogP contribution in [0.4, 0.5) is 11.6 Å².